The van der Waals surface area contributed by atoms with Gasteiger partial charge in [0.05, 0.1) is 6.61 Å². The van der Waals surface area contributed by atoms with Crippen LogP contribution in [-0.4, -0.2) is 37.0 Å². The molecule has 0 aromatic carbocycles. The van der Waals surface area contributed by atoms with Crippen LogP contribution in [0.5, 0.6) is 0 Å². The van der Waals surface area contributed by atoms with Gasteiger partial charge in [-0.05, 0) is 19.3 Å². The molecule has 118 valence electrons. The standard InChI is InChI=1S/C14H28N2O4/c1-2-3-12-20-14(19)16-11-9-7-5-4-6-8-10-15-13(17)18/h15H,2-12H2,1H3,(H,16,19)(H,17,18). The van der Waals surface area contributed by atoms with Crippen LogP contribution in [-0.2, 0) is 4.74 Å². The van der Waals surface area contributed by atoms with Crippen molar-refractivity contribution >= 4 is 12.2 Å². The third kappa shape index (κ3) is 14.6. The van der Waals surface area contributed by atoms with Crippen LogP contribution in [0, 0.1) is 0 Å². The maximum absolute atomic E-state index is 11.2. The minimum absolute atomic E-state index is 0.321. The van der Waals surface area contributed by atoms with Crippen molar-refractivity contribution in [3.63, 3.8) is 0 Å². The van der Waals surface area contributed by atoms with Gasteiger partial charge in [0.2, 0.25) is 0 Å². The Morgan fingerprint density at radius 2 is 1.45 bits per heavy atom. The number of unbranched alkanes of at least 4 members (excludes halogenated alkanes) is 6. The Morgan fingerprint density at radius 3 is 2.00 bits per heavy atom. The Morgan fingerprint density at radius 1 is 0.900 bits per heavy atom. The first-order valence-electron chi connectivity index (χ1n) is 7.54. The lowest BCUT2D eigenvalue weighted by Gasteiger charge is -2.06. The second-order valence-corrected chi connectivity index (χ2v) is 4.77. The van der Waals surface area contributed by atoms with Gasteiger partial charge in [-0.1, -0.05) is 39.0 Å². The van der Waals surface area contributed by atoms with Gasteiger partial charge in [0.1, 0.15) is 0 Å². The summed E-state index contributed by atoms with van der Waals surface area (Å²) in [6, 6.07) is 0. The third-order valence-electron chi connectivity index (χ3n) is 2.88. The van der Waals surface area contributed by atoms with E-state index in [9.17, 15) is 9.59 Å². The van der Waals surface area contributed by atoms with Crippen molar-refractivity contribution in [1.82, 2.24) is 10.6 Å². The Kier molecular flexibility index (Phi) is 12.9. The normalized spacial score (nSPS) is 10.1. The number of carbonyl (C=O) groups excluding carboxylic acids is 1. The van der Waals surface area contributed by atoms with Crippen molar-refractivity contribution in [3.8, 4) is 0 Å². The zero-order chi connectivity index (χ0) is 15.1. The summed E-state index contributed by atoms with van der Waals surface area (Å²) in [5, 5.41) is 13.4. The molecule has 0 aliphatic carbocycles. The quantitative estimate of drug-likeness (QED) is 0.481. The molecule has 20 heavy (non-hydrogen) atoms. The third-order valence-corrected chi connectivity index (χ3v) is 2.88. The number of amides is 2. The fraction of sp³-hybridized carbons (Fsp3) is 0.857. The van der Waals surface area contributed by atoms with E-state index >= 15 is 0 Å². The SMILES string of the molecule is CCCCOC(=O)NCCCCCCCCNC(=O)O. The van der Waals surface area contributed by atoms with Crippen molar-refractivity contribution < 1.29 is 19.4 Å². The molecule has 0 aromatic heterocycles. The van der Waals surface area contributed by atoms with Crippen LogP contribution in [0.25, 0.3) is 0 Å². The largest absolute Gasteiger partial charge is 0.465 e. The van der Waals surface area contributed by atoms with E-state index < -0.39 is 6.09 Å². The highest BCUT2D eigenvalue weighted by molar-refractivity contribution is 5.66. The molecule has 0 rings (SSSR count). The number of nitrogens with one attached hydrogen (secondary N) is 2. The van der Waals surface area contributed by atoms with E-state index in [4.69, 9.17) is 9.84 Å². The van der Waals surface area contributed by atoms with Gasteiger partial charge in [0.15, 0.2) is 0 Å². The molecule has 0 aliphatic heterocycles. The lowest BCUT2D eigenvalue weighted by atomic mass is 10.1. The first-order valence-corrected chi connectivity index (χ1v) is 7.54. The Hall–Kier alpha value is -1.46. The summed E-state index contributed by atoms with van der Waals surface area (Å²) >= 11 is 0. The lowest BCUT2D eigenvalue weighted by molar-refractivity contribution is 0.144. The first-order chi connectivity index (χ1) is 9.66. The second-order valence-electron chi connectivity index (χ2n) is 4.77. The predicted octanol–water partition coefficient (Wildman–Crippen LogP) is 3.12. The summed E-state index contributed by atoms with van der Waals surface area (Å²) in [5.74, 6) is 0. The molecular formula is C14H28N2O4. The molecule has 6 nitrogen and oxygen atoms in total. The topological polar surface area (TPSA) is 87.7 Å². The highest BCUT2D eigenvalue weighted by atomic mass is 16.5. The molecule has 0 spiro atoms. The monoisotopic (exact) mass is 288 g/mol. The molecule has 0 atom stereocenters. The van der Waals surface area contributed by atoms with E-state index in [0.29, 0.717) is 19.7 Å². The highest BCUT2D eigenvalue weighted by Gasteiger charge is 1.99. The van der Waals surface area contributed by atoms with Gasteiger partial charge in [-0.2, -0.15) is 0 Å². The minimum Gasteiger partial charge on any atom is -0.465 e. The molecule has 0 radical (unpaired) electrons. The van der Waals surface area contributed by atoms with Crippen LogP contribution in [0.2, 0.25) is 0 Å². The van der Waals surface area contributed by atoms with Crippen molar-refractivity contribution in [1.29, 1.82) is 0 Å². The average molecular weight is 288 g/mol. The van der Waals surface area contributed by atoms with Crippen molar-refractivity contribution in [2.45, 2.75) is 58.3 Å². The van der Waals surface area contributed by atoms with Crippen molar-refractivity contribution in [2.24, 2.45) is 0 Å². The van der Waals surface area contributed by atoms with E-state index in [1.807, 2.05) is 0 Å². The summed E-state index contributed by atoms with van der Waals surface area (Å²) in [5.41, 5.74) is 0. The van der Waals surface area contributed by atoms with Crippen molar-refractivity contribution in [3.05, 3.63) is 0 Å². The molecule has 0 aromatic rings. The van der Waals surface area contributed by atoms with Gasteiger partial charge >= 0.3 is 12.2 Å². The smallest absolute Gasteiger partial charge is 0.407 e. The number of carbonyl (C=O) groups is 2. The van der Waals surface area contributed by atoms with Gasteiger partial charge in [-0.15, -0.1) is 0 Å². The minimum atomic E-state index is -0.957. The maximum atomic E-state index is 11.2. The van der Waals surface area contributed by atoms with Crippen LogP contribution in [0.15, 0.2) is 0 Å². The summed E-state index contributed by atoms with van der Waals surface area (Å²) in [6.07, 6.45) is 6.81. The summed E-state index contributed by atoms with van der Waals surface area (Å²) in [7, 11) is 0. The van der Waals surface area contributed by atoms with Crippen LogP contribution in [0.4, 0.5) is 9.59 Å². The number of hydrogen-bond acceptors (Lipinski definition) is 3. The van der Waals surface area contributed by atoms with E-state index in [-0.39, 0.29) is 6.09 Å². The Labute approximate surface area is 121 Å². The van der Waals surface area contributed by atoms with Crippen LogP contribution < -0.4 is 10.6 Å². The van der Waals surface area contributed by atoms with Crippen LogP contribution in [0.1, 0.15) is 58.3 Å². The fourth-order valence-corrected chi connectivity index (χ4v) is 1.70. The molecule has 0 fully saturated rings. The van der Waals surface area contributed by atoms with Crippen molar-refractivity contribution in [2.75, 3.05) is 19.7 Å². The molecule has 0 unspecified atom stereocenters. The number of alkyl carbamates (subject to hydrolysis) is 1. The molecule has 6 heteroatoms. The Balaban J connectivity index is 3.12. The van der Waals surface area contributed by atoms with E-state index in [0.717, 1.165) is 51.4 Å². The van der Waals surface area contributed by atoms with Gasteiger partial charge in [-0.3, -0.25) is 0 Å². The van der Waals surface area contributed by atoms with Crippen LogP contribution >= 0.6 is 0 Å². The number of hydrogen-bond donors (Lipinski definition) is 3. The average Bonchev–Trinajstić information content (AvgIpc) is 2.41. The summed E-state index contributed by atoms with van der Waals surface area (Å²) in [6.45, 7) is 3.73. The van der Waals surface area contributed by atoms with E-state index in [2.05, 4.69) is 17.6 Å². The summed E-state index contributed by atoms with van der Waals surface area (Å²) in [4.78, 5) is 21.4. The molecule has 0 aliphatic rings. The zero-order valence-electron chi connectivity index (χ0n) is 12.5. The lowest BCUT2D eigenvalue weighted by Crippen LogP contribution is -2.25. The molecule has 0 saturated heterocycles. The Bertz CT molecular complexity index is 260. The zero-order valence-corrected chi connectivity index (χ0v) is 12.5. The van der Waals surface area contributed by atoms with E-state index in [1.54, 1.807) is 0 Å². The number of carboxylic acid groups (broad SMARTS) is 1. The van der Waals surface area contributed by atoms with E-state index in [1.165, 1.54) is 0 Å². The maximum Gasteiger partial charge on any atom is 0.407 e. The predicted molar refractivity (Wildman–Crippen MR) is 78.0 cm³/mol. The first kappa shape index (κ1) is 18.5. The number of ether oxygens (including phenoxy) is 1. The fourth-order valence-electron chi connectivity index (χ4n) is 1.70. The molecule has 0 saturated carbocycles. The molecule has 2 amide bonds. The molecule has 0 heterocycles. The van der Waals surface area contributed by atoms with Gasteiger partial charge in [0, 0.05) is 13.1 Å². The second kappa shape index (κ2) is 14.0. The number of rotatable bonds is 12. The van der Waals surface area contributed by atoms with Crippen LogP contribution in [0.3, 0.4) is 0 Å². The highest BCUT2D eigenvalue weighted by Crippen LogP contribution is 2.04. The molecule has 0 bridgehead atoms. The van der Waals surface area contributed by atoms with Gasteiger partial charge < -0.3 is 20.5 Å². The van der Waals surface area contributed by atoms with Gasteiger partial charge in [-0.25, -0.2) is 9.59 Å². The molecule has 3 N–H and O–H groups in total. The molecular weight excluding hydrogens is 260 g/mol. The summed E-state index contributed by atoms with van der Waals surface area (Å²) < 4.78 is 4.97. The van der Waals surface area contributed by atoms with Gasteiger partial charge in [0.25, 0.3) is 0 Å².